The fourth-order valence-corrected chi connectivity index (χ4v) is 3.24. The molecule has 3 rings (SSSR count). The van der Waals surface area contributed by atoms with Gasteiger partial charge in [-0.25, -0.2) is 4.98 Å². The number of benzene rings is 1. The number of carbonyl (C=O) groups excluding carboxylic acids is 1. The second kappa shape index (κ2) is 12.2. The van der Waals surface area contributed by atoms with Crippen LogP contribution in [-0.2, 0) is 0 Å². The van der Waals surface area contributed by atoms with E-state index in [4.69, 9.17) is 4.74 Å². The van der Waals surface area contributed by atoms with Gasteiger partial charge in [0.15, 0.2) is 5.96 Å². The minimum Gasteiger partial charge on any atom is -0.497 e. The first-order valence-corrected chi connectivity index (χ1v) is 9.75. The van der Waals surface area contributed by atoms with Crippen LogP contribution in [-0.4, -0.2) is 75.2 Å². The number of nitrogens with zero attached hydrogens (tertiary/aromatic N) is 4. The third-order valence-corrected chi connectivity index (χ3v) is 4.79. The van der Waals surface area contributed by atoms with Gasteiger partial charge in [0.05, 0.1) is 7.11 Å². The number of pyridine rings is 1. The lowest BCUT2D eigenvalue weighted by atomic mass is 10.2. The van der Waals surface area contributed by atoms with Crippen LogP contribution in [0.15, 0.2) is 53.7 Å². The van der Waals surface area contributed by atoms with E-state index in [1.54, 1.807) is 32.4 Å². The Morgan fingerprint density at radius 3 is 2.53 bits per heavy atom. The van der Waals surface area contributed by atoms with Crippen molar-refractivity contribution in [2.24, 2.45) is 4.99 Å². The van der Waals surface area contributed by atoms with Crippen LogP contribution in [0.3, 0.4) is 0 Å². The van der Waals surface area contributed by atoms with E-state index in [1.165, 1.54) is 0 Å². The van der Waals surface area contributed by atoms with Gasteiger partial charge in [-0.1, -0.05) is 12.1 Å². The molecule has 0 radical (unpaired) electrons. The molecule has 9 heteroatoms. The standard InChI is InChI=1S/C21H28N6O2.HI/c1-22-21(27-14-12-26(13-15-27)19-8-3-4-9-23-19)25-11-10-24-20(28)17-6-5-7-18(16-17)29-2;/h3-9,16H,10-15H2,1-2H3,(H,22,25)(H,24,28);1H. The first-order chi connectivity index (χ1) is 14.2. The number of rotatable bonds is 6. The van der Waals surface area contributed by atoms with E-state index in [9.17, 15) is 4.79 Å². The molecule has 0 bridgehead atoms. The average Bonchev–Trinajstić information content (AvgIpc) is 2.80. The van der Waals surface area contributed by atoms with Gasteiger partial charge in [0.25, 0.3) is 5.91 Å². The fraction of sp³-hybridized carbons (Fsp3) is 0.381. The molecule has 0 spiro atoms. The molecule has 1 aliphatic rings. The van der Waals surface area contributed by atoms with Crippen LogP contribution < -0.4 is 20.3 Å². The van der Waals surface area contributed by atoms with Crippen molar-refractivity contribution in [3.63, 3.8) is 0 Å². The van der Waals surface area contributed by atoms with Crippen LogP contribution in [0.5, 0.6) is 5.75 Å². The fourth-order valence-electron chi connectivity index (χ4n) is 3.24. The Morgan fingerprint density at radius 1 is 1.10 bits per heavy atom. The molecule has 0 unspecified atom stereocenters. The van der Waals surface area contributed by atoms with Gasteiger partial charge in [-0.05, 0) is 30.3 Å². The summed E-state index contributed by atoms with van der Waals surface area (Å²) < 4.78 is 5.16. The zero-order valence-corrected chi connectivity index (χ0v) is 19.7. The van der Waals surface area contributed by atoms with E-state index in [2.05, 4.69) is 30.4 Å². The normalized spacial score (nSPS) is 14.0. The topological polar surface area (TPSA) is 82.1 Å². The van der Waals surface area contributed by atoms with Crippen molar-refractivity contribution in [1.29, 1.82) is 0 Å². The zero-order chi connectivity index (χ0) is 20.5. The minimum atomic E-state index is -0.121. The number of ether oxygens (including phenoxy) is 1. The van der Waals surface area contributed by atoms with E-state index in [1.807, 2.05) is 30.5 Å². The lowest BCUT2D eigenvalue weighted by Crippen LogP contribution is -2.53. The molecular weight excluding hydrogens is 495 g/mol. The van der Waals surface area contributed by atoms with Gasteiger partial charge in [0.1, 0.15) is 11.6 Å². The highest BCUT2D eigenvalue weighted by Crippen LogP contribution is 2.13. The summed E-state index contributed by atoms with van der Waals surface area (Å²) in [6.45, 7) is 4.62. The number of hydrogen-bond donors (Lipinski definition) is 2. The number of amides is 1. The van der Waals surface area contributed by atoms with Crippen molar-refractivity contribution >= 4 is 41.7 Å². The van der Waals surface area contributed by atoms with Crippen LogP contribution in [0.1, 0.15) is 10.4 Å². The summed E-state index contributed by atoms with van der Waals surface area (Å²) in [7, 11) is 3.37. The van der Waals surface area contributed by atoms with Gasteiger partial charge >= 0.3 is 0 Å². The highest BCUT2D eigenvalue weighted by Gasteiger charge is 2.20. The number of aromatic nitrogens is 1. The molecule has 2 N–H and O–H groups in total. The summed E-state index contributed by atoms with van der Waals surface area (Å²) in [5.74, 6) is 2.40. The average molecular weight is 524 g/mol. The van der Waals surface area contributed by atoms with Crippen LogP contribution in [0, 0.1) is 0 Å². The molecule has 0 atom stereocenters. The molecule has 1 amide bonds. The molecule has 2 aromatic rings. The number of piperazine rings is 1. The second-order valence-electron chi connectivity index (χ2n) is 6.62. The van der Waals surface area contributed by atoms with Gasteiger partial charge in [-0.15, -0.1) is 24.0 Å². The Hall–Kier alpha value is -2.56. The number of anilines is 1. The lowest BCUT2D eigenvalue weighted by molar-refractivity contribution is 0.0954. The third kappa shape index (κ3) is 6.48. The van der Waals surface area contributed by atoms with Crippen molar-refractivity contribution in [2.45, 2.75) is 0 Å². The summed E-state index contributed by atoms with van der Waals surface area (Å²) in [6, 6.07) is 13.1. The Bertz CT molecular complexity index is 825. The maximum absolute atomic E-state index is 12.3. The molecule has 162 valence electrons. The van der Waals surface area contributed by atoms with E-state index >= 15 is 0 Å². The van der Waals surface area contributed by atoms with Gasteiger partial charge in [-0.2, -0.15) is 0 Å². The van der Waals surface area contributed by atoms with Crippen LogP contribution in [0.25, 0.3) is 0 Å². The first-order valence-electron chi connectivity index (χ1n) is 9.75. The quantitative estimate of drug-likeness (QED) is 0.260. The molecule has 1 fully saturated rings. The predicted molar refractivity (Wildman–Crippen MR) is 130 cm³/mol. The Morgan fingerprint density at radius 2 is 1.87 bits per heavy atom. The molecule has 1 saturated heterocycles. The van der Waals surface area contributed by atoms with E-state index in [0.29, 0.717) is 24.4 Å². The second-order valence-corrected chi connectivity index (χ2v) is 6.62. The molecule has 0 aliphatic carbocycles. The Balaban J connectivity index is 0.00000320. The molecule has 0 saturated carbocycles. The van der Waals surface area contributed by atoms with Gasteiger partial charge in [0, 0.05) is 58.1 Å². The third-order valence-electron chi connectivity index (χ3n) is 4.79. The van der Waals surface area contributed by atoms with Crippen molar-refractivity contribution in [3.8, 4) is 5.75 Å². The number of guanidine groups is 1. The lowest BCUT2D eigenvalue weighted by Gasteiger charge is -2.37. The summed E-state index contributed by atoms with van der Waals surface area (Å²) in [5.41, 5.74) is 0.583. The highest BCUT2D eigenvalue weighted by molar-refractivity contribution is 14.0. The minimum absolute atomic E-state index is 0. The number of halogens is 1. The summed E-state index contributed by atoms with van der Waals surface area (Å²) >= 11 is 0. The Labute approximate surface area is 194 Å². The maximum atomic E-state index is 12.3. The van der Waals surface area contributed by atoms with Crippen molar-refractivity contribution in [1.82, 2.24) is 20.5 Å². The SMILES string of the molecule is CN=C(NCCNC(=O)c1cccc(OC)c1)N1CCN(c2ccccn2)CC1.I. The maximum Gasteiger partial charge on any atom is 0.251 e. The van der Waals surface area contributed by atoms with Gasteiger partial charge in [-0.3, -0.25) is 9.79 Å². The van der Waals surface area contributed by atoms with E-state index in [-0.39, 0.29) is 29.9 Å². The highest BCUT2D eigenvalue weighted by atomic mass is 127. The molecule has 1 aromatic carbocycles. The largest absolute Gasteiger partial charge is 0.497 e. The summed E-state index contributed by atoms with van der Waals surface area (Å²) in [4.78, 5) is 25.5. The zero-order valence-electron chi connectivity index (χ0n) is 17.4. The molecule has 30 heavy (non-hydrogen) atoms. The van der Waals surface area contributed by atoms with Crippen LogP contribution in [0.2, 0.25) is 0 Å². The van der Waals surface area contributed by atoms with Gasteiger partial charge < -0.3 is 25.2 Å². The number of aliphatic imine (C=N–C) groups is 1. The molecule has 1 aliphatic heterocycles. The molecule has 1 aromatic heterocycles. The van der Waals surface area contributed by atoms with E-state index in [0.717, 1.165) is 38.0 Å². The molecule has 8 nitrogen and oxygen atoms in total. The number of nitrogens with one attached hydrogen (secondary N) is 2. The number of hydrogen-bond acceptors (Lipinski definition) is 5. The molecular formula is C21H29IN6O2. The summed E-state index contributed by atoms with van der Waals surface area (Å²) in [6.07, 6.45) is 1.82. The monoisotopic (exact) mass is 524 g/mol. The smallest absolute Gasteiger partial charge is 0.251 e. The van der Waals surface area contributed by atoms with Crippen molar-refractivity contribution in [3.05, 3.63) is 54.2 Å². The van der Waals surface area contributed by atoms with Crippen molar-refractivity contribution in [2.75, 3.05) is 58.3 Å². The number of methoxy groups -OCH3 is 1. The first kappa shape index (κ1) is 23.7. The van der Waals surface area contributed by atoms with Crippen LogP contribution in [0.4, 0.5) is 5.82 Å². The van der Waals surface area contributed by atoms with E-state index < -0.39 is 0 Å². The Kier molecular flexibility index (Phi) is 9.65. The summed E-state index contributed by atoms with van der Waals surface area (Å²) in [5, 5.41) is 6.24. The molecule has 2 heterocycles. The number of carbonyl (C=O) groups is 1. The van der Waals surface area contributed by atoms with Gasteiger partial charge in [0.2, 0.25) is 0 Å². The predicted octanol–water partition coefficient (Wildman–Crippen LogP) is 1.84. The van der Waals surface area contributed by atoms with Crippen LogP contribution >= 0.6 is 24.0 Å². The van der Waals surface area contributed by atoms with Crippen molar-refractivity contribution < 1.29 is 9.53 Å².